The molecule has 12 heteroatoms. The van der Waals surface area contributed by atoms with E-state index < -0.39 is 19.7 Å². The van der Waals surface area contributed by atoms with E-state index in [4.69, 9.17) is 0 Å². The van der Waals surface area contributed by atoms with Gasteiger partial charge in [-0.2, -0.15) is 0 Å². The molecule has 4 fully saturated rings. The highest BCUT2D eigenvalue weighted by molar-refractivity contribution is 7.92. The van der Waals surface area contributed by atoms with Crippen molar-refractivity contribution in [2.45, 2.75) is 12.1 Å². The predicted octanol–water partition coefficient (Wildman–Crippen LogP) is 1.24. The first kappa shape index (κ1) is 23.3. The van der Waals surface area contributed by atoms with Gasteiger partial charge in [0.05, 0.1) is 35.1 Å². The Balaban J connectivity index is 1.23. The van der Waals surface area contributed by atoms with Crippen LogP contribution in [0, 0.1) is 11.8 Å². The molecule has 0 unspecified atom stereocenters. The highest BCUT2D eigenvalue weighted by Gasteiger charge is 2.47. The van der Waals surface area contributed by atoms with Crippen molar-refractivity contribution in [3.05, 3.63) is 48.5 Å². The second-order valence-corrected chi connectivity index (χ2v) is 14.3. The third-order valence-electron chi connectivity index (χ3n) is 7.63. The van der Waals surface area contributed by atoms with E-state index in [-0.39, 0.29) is 59.0 Å². The number of carbonyl (C=O) groups is 2. The molecule has 10 nitrogen and oxygen atoms in total. The Morgan fingerprint density at radius 2 is 0.944 bits per heavy atom. The van der Waals surface area contributed by atoms with Gasteiger partial charge in [-0.1, -0.05) is 24.3 Å². The molecule has 4 aliphatic rings. The fourth-order valence-corrected chi connectivity index (χ4v) is 10.1. The van der Waals surface area contributed by atoms with Gasteiger partial charge in [0.25, 0.3) is 0 Å². The minimum absolute atomic E-state index is 0.0263. The van der Waals surface area contributed by atoms with Crippen molar-refractivity contribution in [1.82, 2.24) is 10.6 Å². The van der Waals surface area contributed by atoms with Crippen molar-refractivity contribution < 1.29 is 26.4 Å². The number of rotatable bonds is 3. The molecule has 190 valence electrons. The summed E-state index contributed by atoms with van der Waals surface area (Å²) in [6.07, 6.45) is 0. The maximum Gasteiger partial charge on any atom is 0.322 e. The molecule has 4 aliphatic heterocycles. The third kappa shape index (κ3) is 4.01. The van der Waals surface area contributed by atoms with Crippen LogP contribution in [0.2, 0.25) is 0 Å². The van der Waals surface area contributed by atoms with Gasteiger partial charge in [0, 0.05) is 36.3 Å². The third-order valence-corrected chi connectivity index (χ3v) is 11.2. The molecule has 2 aromatic rings. The molecule has 0 bridgehead atoms. The number of sulfone groups is 2. The monoisotopic (exact) mass is 530 g/mol. The van der Waals surface area contributed by atoms with Crippen LogP contribution in [0.5, 0.6) is 0 Å². The van der Waals surface area contributed by atoms with Crippen LogP contribution in [0.3, 0.4) is 0 Å². The number of nitrogens with one attached hydrogen (secondary N) is 2. The normalized spacial score (nSPS) is 30.3. The summed E-state index contributed by atoms with van der Waals surface area (Å²) in [4.78, 5) is 28.3. The van der Waals surface area contributed by atoms with E-state index in [0.29, 0.717) is 24.5 Å². The second-order valence-electron chi connectivity index (χ2n) is 10.0. The zero-order chi connectivity index (χ0) is 25.2. The van der Waals surface area contributed by atoms with Gasteiger partial charge in [-0.25, -0.2) is 26.4 Å². The van der Waals surface area contributed by atoms with Gasteiger partial charge in [-0.15, -0.1) is 0 Å². The molecule has 0 aliphatic carbocycles. The number of benzene rings is 2. The van der Waals surface area contributed by atoms with Gasteiger partial charge in [0.2, 0.25) is 0 Å². The van der Waals surface area contributed by atoms with Gasteiger partial charge in [-0.05, 0) is 35.4 Å². The SMILES string of the molecule is O=C1NC[C@H]2CS(=O)(=O)C[C@H]2N1c1ccc(-c2ccc(N3C(=O)NC[C@@H]4CS(=O)(=O)C[C@@H]43)cc2)cc1. The summed E-state index contributed by atoms with van der Waals surface area (Å²) in [6.45, 7) is 0.735. The zero-order valence-electron chi connectivity index (χ0n) is 19.3. The number of carbonyl (C=O) groups excluding carboxylic acids is 2. The Labute approximate surface area is 209 Å². The summed E-state index contributed by atoms with van der Waals surface area (Å²) in [6, 6.07) is 13.4. The first-order valence-electron chi connectivity index (χ1n) is 11.9. The van der Waals surface area contributed by atoms with Crippen LogP contribution in [0.15, 0.2) is 48.5 Å². The Kier molecular flexibility index (Phi) is 5.31. The molecule has 0 aromatic heterocycles. The maximum absolute atomic E-state index is 12.6. The van der Waals surface area contributed by atoms with Gasteiger partial charge in [-0.3, -0.25) is 9.80 Å². The summed E-state index contributed by atoms with van der Waals surface area (Å²) in [5, 5.41) is 5.59. The van der Waals surface area contributed by atoms with Crippen LogP contribution in [0.25, 0.3) is 11.1 Å². The number of hydrogen-bond donors (Lipinski definition) is 2. The van der Waals surface area contributed by atoms with Crippen molar-refractivity contribution >= 4 is 43.1 Å². The Morgan fingerprint density at radius 3 is 1.31 bits per heavy atom. The van der Waals surface area contributed by atoms with Gasteiger partial charge in [0.15, 0.2) is 19.7 Å². The van der Waals surface area contributed by atoms with Crippen molar-refractivity contribution in [2.24, 2.45) is 11.8 Å². The fraction of sp³-hybridized carbons (Fsp3) is 0.417. The quantitative estimate of drug-likeness (QED) is 0.614. The minimum Gasteiger partial charge on any atom is -0.337 e. The average molecular weight is 531 g/mol. The van der Waals surface area contributed by atoms with Crippen LogP contribution >= 0.6 is 0 Å². The van der Waals surface area contributed by atoms with Crippen molar-refractivity contribution in [3.8, 4) is 11.1 Å². The summed E-state index contributed by atoms with van der Waals surface area (Å²) in [7, 11) is -6.35. The van der Waals surface area contributed by atoms with Crippen LogP contribution in [0.4, 0.5) is 21.0 Å². The zero-order valence-corrected chi connectivity index (χ0v) is 21.0. The lowest BCUT2D eigenvalue weighted by atomic mass is 9.98. The summed E-state index contributed by atoms with van der Waals surface area (Å²) in [5.74, 6) is -0.130. The van der Waals surface area contributed by atoms with E-state index >= 15 is 0 Å². The van der Waals surface area contributed by atoms with E-state index in [0.717, 1.165) is 11.1 Å². The first-order valence-corrected chi connectivity index (χ1v) is 15.5. The number of urea groups is 2. The number of hydrogen-bond acceptors (Lipinski definition) is 6. The molecule has 0 radical (unpaired) electrons. The molecule has 4 heterocycles. The summed E-state index contributed by atoms with van der Waals surface area (Å²) < 4.78 is 48.6. The number of anilines is 2. The second kappa shape index (κ2) is 8.20. The van der Waals surface area contributed by atoms with E-state index in [2.05, 4.69) is 10.6 Å². The predicted molar refractivity (Wildman–Crippen MR) is 135 cm³/mol. The van der Waals surface area contributed by atoms with Crippen molar-refractivity contribution in [3.63, 3.8) is 0 Å². The lowest BCUT2D eigenvalue weighted by molar-refractivity contribution is 0.232. The topological polar surface area (TPSA) is 133 Å². The summed E-state index contributed by atoms with van der Waals surface area (Å²) >= 11 is 0. The minimum atomic E-state index is -3.17. The smallest absolute Gasteiger partial charge is 0.322 e. The van der Waals surface area contributed by atoms with E-state index in [1.54, 1.807) is 9.80 Å². The molecule has 0 saturated carbocycles. The molecule has 2 N–H and O–H groups in total. The standard InChI is InChI=1S/C24H26N4O6S2/c29-23-25-9-17-11-35(31,32)13-21(17)27(23)19-5-1-15(2-6-19)16-3-7-20(8-4-16)28-22-14-36(33,34)12-18(22)10-26-24(28)30/h1-8,17-18,21-22H,9-14H2,(H,25,29)(H,26,30)/t17-,18+,21+,22-. The molecule has 0 spiro atoms. The molecular formula is C24H26N4O6S2. The van der Waals surface area contributed by atoms with Crippen LogP contribution in [-0.4, -0.2) is 77.1 Å². The molecule has 4 atom stereocenters. The van der Waals surface area contributed by atoms with Crippen LogP contribution in [-0.2, 0) is 19.7 Å². The molecule has 6 rings (SSSR count). The number of nitrogens with zero attached hydrogens (tertiary/aromatic N) is 2. The van der Waals surface area contributed by atoms with Crippen molar-refractivity contribution in [1.29, 1.82) is 0 Å². The lowest BCUT2D eigenvalue weighted by Crippen LogP contribution is -2.57. The van der Waals surface area contributed by atoms with Gasteiger partial charge < -0.3 is 10.6 Å². The van der Waals surface area contributed by atoms with Gasteiger partial charge >= 0.3 is 12.1 Å². The Bertz CT molecular complexity index is 1330. The summed E-state index contributed by atoms with van der Waals surface area (Å²) in [5.41, 5.74) is 3.06. The van der Waals surface area contributed by atoms with Crippen molar-refractivity contribution in [2.75, 3.05) is 45.9 Å². The highest BCUT2D eigenvalue weighted by Crippen LogP contribution is 2.34. The maximum atomic E-state index is 12.6. The van der Waals surface area contributed by atoms with E-state index in [9.17, 15) is 26.4 Å². The Morgan fingerprint density at radius 1 is 0.583 bits per heavy atom. The highest BCUT2D eigenvalue weighted by atomic mass is 32.2. The Hall–Kier alpha value is -3.12. The number of fused-ring (bicyclic) bond motifs is 2. The molecule has 36 heavy (non-hydrogen) atoms. The lowest BCUT2D eigenvalue weighted by Gasteiger charge is -2.37. The largest absolute Gasteiger partial charge is 0.337 e. The average Bonchev–Trinajstić information content (AvgIpc) is 3.32. The molecular weight excluding hydrogens is 504 g/mol. The van der Waals surface area contributed by atoms with E-state index in [1.165, 1.54) is 0 Å². The first-order chi connectivity index (χ1) is 17.1. The fourth-order valence-electron chi connectivity index (χ4n) is 5.92. The molecule has 4 amide bonds. The van der Waals surface area contributed by atoms with Crippen LogP contribution < -0.4 is 20.4 Å². The molecule has 4 saturated heterocycles. The van der Waals surface area contributed by atoms with Crippen LogP contribution in [0.1, 0.15) is 0 Å². The van der Waals surface area contributed by atoms with Gasteiger partial charge in [0.1, 0.15) is 0 Å². The van der Waals surface area contributed by atoms with E-state index in [1.807, 2.05) is 48.5 Å². The molecule has 2 aromatic carbocycles. The number of amides is 4.